The van der Waals surface area contributed by atoms with E-state index in [-0.39, 0.29) is 11.7 Å². The lowest BCUT2D eigenvalue weighted by molar-refractivity contribution is -0.141. The van der Waals surface area contributed by atoms with E-state index in [2.05, 4.69) is 17.9 Å². The lowest BCUT2D eigenvalue weighted by Gasteiger charge is -2.17. The number of nitrogens with one attached hydrogen (secondary N) is 1. The molecule has 2 N–H and O–H groups in total. The molecule has 23 heavy (non-hydrogen) atoms. The third-order valence-corrected chi connectivity index (χ3v) is 4.13. The highest BCUT2D eigenvalue weighted by Gasteiger charge is 2.22. The Balaban J connectivity index is 2.21. The van der Waals surface area contributed by atoms with Crippen LogP contribution in [0.5, 0.6) is 5.75 Å². The van der Waals surface area contributed by atoms with Crippen LogP contribution in [0.4, 0.5) is 0 Å². The topological polar surface area (TPSA) is 75.6 Å². The number of hydrogen-bond acceptors (Lipinski definition) is 4. The number of carboxylic acid groups (broad SMARTS) is 1. The highest BCUT2D eigenvalue weighted by molar-refractivity contribution is 7.80. The van der Waals surface area contributed by atoms with Gasteiger partial charge in [0.15, 0.2) is 0 Å². The summed E-state index contributed by atoms with van der Waals surface area (Å²) in [5.74, 6) is -1.06. The number of carbonyl (C=O) groups is 2. The second-order valence-electron chi connectivity index (χ2n) is 5.28. The van der Waals surface area contributed by atoms with Crippen LogP contribution < -0.4 is 10.1 Å². The van der Waals surface area contributed by atoms with Gasteiger partial charge in [-0.05, 0) is 35.4 Å². The molecule has 0 aliphatic carbocycles. The molecule has 0 spiro atoms. The molecule has 0 heterocycles. The number of hydrogen-bond donors (Lipinski definition) is 3. The van der Waals surface area contributed by atoms with Crippen molar-refractivity contribution in [1.82, 2.24) is 5.32 Å². The van der Waals surface area contributed by atoms with Gasteiger partial charge in [-0.1, -0.05) is 24.3 Å². The molecule has 122 valence electrons. The summed E-state index contributed by atoms with van der Waals surface area (Å²) in [6.07, 6.45) is 0. The molecule has 2 rings (SSSR count). The summed E-state index contributed by atoms with van der Waals surface area (Å²) in [6, 6.07) is 10.4. The van der Waals surface area contributed by atoms with E-state index < -0.39 is 17.9 Å². The van der Waals surface area contributed by atoms with E-state index in [1.54, 1.807) is 14.0 Å². The Morgan fingerprint density at radius 1 is 1.22 bits per heavy atom. The predicted molar refractivity (Wildman–Crippen MR) is 92.3 cm³/mol. The van der Waals surface area contributed by atoms with Crippen molar-refractivity contribution in [2.75, 3.05) is 12.9 Å². The largest absolute Gasteiger partial charge is 0.497 e. The zero-order chi connectivity index (χ0) is 17.0. The number of benzene rings is 2. The van der Waals surface area contributed by atoms with Crippen LogP contribution in [0.15, 0.2) is 36.4 Å². The third-order valence-electron chi connectivity index (χ3n) is 3.76. The van der Waals surface area contributed by atoms with Crippen molar-refractivity contribution in [2.24, 2.45) is 0 Å². The number of amides is 1. The number of fused-ring (bicyclic) bond motifs is 1. The summed E-state index contributed by atoms with van der Waals surface area (Å²) >= 11 is 3.95. The van der Waals surface area contributed by atoms with Crippen molar-refractivity contribution >= 4 is 35.3 Å². The minimum Gasteiger partial charge on any atom is -0.497 e. The quantitative estimate of drug-likeness (QED) is 0.710. The van der Waals surface area contributed by atoms with Gasteiger partial charge in [0.05, 0.1) is 13.0 Å². The molecule has 0 saturated carbocycles. The summed E-state index contributed by atoms with van der Waals surface area (Å²) in [6.45, 7) is 1.75. The van der Waals surface area contributed by atoms with E-state index in [0.29, 0.717) is 0 Å². The first kappa shape index (κ1) is 17.1. The molecule has 2 aromatic carbocycles. The van der Waals surface area contributed by atoms with Crippen LogP contribution in [0.3, 0.4) is 0 Å². The monoisotopic (exact) mass is 333 g/mol. The number of carboxylic acids is 1. The van der Waals surface area contributed by atoms with Crippen LogP contribution in [-0.4, -0.2) is 35.9 Å². The minimum absolute atomic E-state index is 0.0469. The smallest absolute Gasteiger partial charge is 0.327 e. The van der Waals surface area contributed by atoms with Gasteiger partial charge < -0.3 is 15.2 Å². The second kappa shape index (κ2) is 7.37. The Bertz CT molecular complexity index is 732. The number of aliphatic carboxylic acids is 1. The fourth-order valence-electron chi connectivity index (χ4n) is 2.27. The van der Waals surface area contributed by atoms with Gasteiger partial charge in [0.2, 0.25) is 5.91 Å². The van der Waals surface area contributed by atoms with Crippen molar-refractivity contribution < 1.29 is 19.4 Å². The molecule has 6 heteroatoms. The summed E-state index contributed by atoms with van der Waals surface area (Å²) in [5.41, 5.74) is 0.823. The molecule has 1 unspecified atom stereocenters. The number of methoxy groups -OCH3 is 1. The molecule has 0 fully saturated rings. The summed E-state index contributed by atoms with van der Waals surface area (Å²) in [5, 5.41) is 13.5. The fraction of sp³-hybridized carbons (Fsp3) is 0.294. The molecular formula is C17H19NO4S. The third kappa shape index (κ3) is 3.96. The van der Waals surface area contributed by atoms with Gasteiger partial charge in [0.25, 0.3) is 0 Å². The Kier molecular flexibility index (Phi) is 5.50. The molecule has 0 aliphatic rings. The summed E-state index contributed by atoms with van der Waals surface area (Å²) < 4.78 is 5.19. The Hall–Kier alpha value is -2.21. The molecule has 1 amide bonds. The van der Waals surface area contributed by atoms with Crippen LogP contribution >= 0.6 is 12.6 Å². The SMILES string of the molecule is COc1ccc2cc(C(C)C(=O)N[C@@H](CS)C(=O)O)ccc2c1. The fourth-order valence-corrected chi connectivity index (χ4v) is 2.52. The van der Waals surface area contributed by atoms with Crippen molar-refractivity contribution in [2.45, 2.75) is 18.9 Å². The molecule has 0 aliphatic heterocycles. The van der Waals surface area contributed by atoms with Crippen molar-refractivity contribution in [3.8, 4) is 5.75 Å². The molecule has 2 aromatic rings. The molecule has 2 atom stereocenters. The van der Waals surface area contributed by atoms with Gasteiger partial charge in [-0.25, -0.2) is 4.79 Å². The lowest BCUT2D eigenvalue weighted by Crippen LogP contribution is -2.43. The van der Waals surface area contributed by atoms with E-state index >= 15 is 0 Å². The zero-order valence-electron chi connectivity index (χ0n) is 12.9. The Morgan fingerprint density at radius 2 is 1.87 bits per heavy atom. The highest BCUT2D eigenvalue weighted by atomic mass is 32.1. The highest BCUT2D eigenvalue weighted by Crippen LogP contribution is 2.25. The van der Waals surface area contributed by atoms with E-state index in [0.717, 1.165) is 22.1 Å². The Labute approximate surface area is 140 Å². The zero-order valence-corrected chi connectivity index (χ0v) is 13.8. The van der Waals surface area contributed by atoms with Gasteiger partial charge in [-0.15, -0.1) is 0 Å². The number of ether oxygens (including phenoxy) is 1. The first-order chi connectivity index (χ1) is 11.0. The normalized spacial score (nSPS) is 13.3. The molecule has 0 aromatic heterocycles. The van der Waals surface area contributed by atoms with E-state index in [1.165, 1.54) is 0 Å². The minimum atomic E-state index is -1.09. The maximum absolute atomic E-state index is 12.2. The average Bonchev–Trinajstić information content (AvgIpc) is 2.57. The van der Waals surface area contributed by atoms with Gasteiger partial charge in [-0.3, -0.25) is 4.79 Å². The Morgan fingerprint density at radius 3 is 2.48 bits per heavy atom. The standard InChI is InChI=1S/C17H19NO4S/c1-10(16(19)18-15(9-23)17(20)21)11-3-4-13-8-14(22-2)6-5-12(13)7-11/h3-8,10,15,23H,9H2,1-2H3,(H,18,19)(H,20,21)/t10?,15-/m0/s1. The molecule has 0 bridgehead atoms. The van der Waals surface area contributed by atoms with Gasteiger partial charge >= 0.3 is 5.97 Å². The number of thiol groups is 1. The molecule has 0 radical (unpaired) electrons. The lowest BCUT2D eigenvalue weighted by atomic mass is 9.96. The van der Waals surface area contributed by atoms with Crippen LogP contribution in [0, 0.1) is 0 Å². The molecule has 0 saturated heterocycles. The van der Waals surface area contributed by atoms with Gasteiger partial charge in [-0.2, -0.15) is 12.6 Å². The van der Waals surface area contributed by atoms with Crippen LogP contribution in [0.2, 0.25) is 0 Å². The number of rotatable bonds is 6. The van der Waals surface area contributed by atoms with E-state index in [4.69, 9.17) is 9.84 Å². The first-order valence-electron chi connectivity index (χ1n) is 7.18. The number of carbonyl (C=O) groups excluding carboxylic acids is 1. The van der Waals surface area contributed by atoms with Crippen LogP contribution in [0.1, 0.15) is 18.4 Å². The molecule has 5 nitrogen and oxygen atoms in total. The van der Waals surface area contributed by atoms with E-state index in [9.17, 15) is 9.59 Å². The van der Waals surface area contributed by atoms with Crippen molar-refractivity contribution in [1.29, 1.82) is 0 Å². The van der Waals surface area contributed by atoms with Crippen LogP contribution in [-0.2, 0) is 9.59 Å². The second-order valence-corrected chi connectivity index (χ2v) is 5.64. The maximum Gasteiger partial charge on any atom is 0.327 e. The molecular weight excluding hydrogens is 314 g/mol. The predicted octanol–water partition coefficient (Wildman–Crippen LogP) is 2.45. The van der Waals surface area contributed by atoms with Crippen molar-refractivity contribution in [3.05, 3.63) is 42.0 Å². The van der Waals surface area contributed by atoms with Gasteiger partial charge in [0, 0.05) is 5.75 Å². The van der Waals surface area contributed by atoms with E-state index in [1.807, 2.05) is 36.4 Å². The van der Waals surface area contributed by atoms with Gasteiger partial charge in [0.1, 0.15) is 11.8 Å². The summed E-state index contributed by atoms with van der Waals surface area (Å²) in [7, 11) is 1.61. The maximum atomic E-state index is 12.2. The summed E-state index contributed by atoms with van der Waals surface area (Å²) in [4.78, 5) is 23.2. The van der Waals surface area contributed by atoms with Crippen molar-refractivity contribution in [3.63, 3.8) is 0 Å². The first-order valence-corrected chi connectivity index (χ1v) is 7.81. The average molecular weight is 333 g/mol. The van der Waals surface area contributed by atoms with Crippen LogP contribution in [0.25, 0.3) is 10.8 Å².